The molecule has 0 fully saturated rings. The minimum atomic E-state index is -4.13. The van der Waals surface area contributed by atoms with Crippen LogP contribution < -0.4 is 19.1 Å². The first-order valence-corrected chi connectivity index (χ1v) is 14.7. The maximum atomic E-state index is 14.0. The van der Waals surface area contributed by atoms with Gasteiger partial charge in [0.2, 0.25) is 11.8 Å². The third kappa shape index (κ3) is 7.53. The van der Waals surface area contributed by atoms with E-state index < -0.39 is 28.5 Å². The fourth-order valence-electron chi connectivity index (χ4n) is 4.30. The van der Waals surface area contributed by atoms with Crippen molar-refractivity contribution in [3.8, 4) is 11.5 Å². The zero-order valence-corrected chi connectivity index (χ0v) is 24.2. The standard InChI is InChI=1S/C30H37N3O6S/c1-5-28(30(35)31-6-2)32(21-23-12-11-13-26(20-23)38-4)29(34)22-33(24-16-18-25(19-17-24)39-7-3)40(36,37)27-14-9-8-10-15-27/h8-20,28H,5-7,21-22H2,1-4H3,(H,31,35). The number of methoxy groups -OCH3 is 1. The Labute approximate surface area is 236 Å². The van der Waals surface area contributed by atoms with Crippen LogP contribution in [0.25, 0.3) is 0 Å². The van der Waals surface area contributed by atoms with Gasteiger partial charge < -0.3 is 19.7 Å². The summed E-state index contributed by atoms with van der Waals surface area (Å²) < 4.78 is 39.6. The van der Waals surface area contributed by atoms with Gasteiger partial charge in [-0.2, -0.15) is 0 Å². The highest BCUT2D eigenvalue weighted by Gasteiger charge is 2.33. The first kappa shape index (κ1) is 30.5. The van der Waals surface area contributed by atoms with Gasteiger partial charge in [0.15, 0.2) is 0 Å². The molecule has 9 nitrogen and oxygen atoms in total. The Balaban J connectivity index is 2.05. The van der Waals surface area contributed by atoms with Crippen LogP contribution in [0.2, 0.25) is 0 Å². The molecular formula is C30H37N3O6S. The van der Waals surface area contributed by atoms with Crippen LogP contribution in [0.15, 0.2) is 83.8 Å². The molecule has 2 amide bonds. The molecule has 0 aliphatic rings. The van der Waals surface area contributed by atoms with Gasteiger partial charge in [-0.15, -0.1) is 0 Å². The Kier molecular flexibility index (Phi) is 11.0. The molecule has 0 radical (unpaired) electrons. The number of carbonyl (C=O) groups is 2. The van der Waals surface area contributed by atoms with E-state index in [9.17, 15) is 18.0 Å². The highest BCUT2D eigenvalue weighted by molar-refractivity contribution is 7.92. The van der Waals surface area contributed by atoms with E-state index in [2.05, 4.69) is 5.32 Å². The van der Waals surface area contributed by atoms with Gasteiger partial charge in [-0.3, -0.25) is 13.9 Å². The zero-order chi connectivity index (χ0) is 29.1. The number of rotatable bonds is 14. The molecule has 3 aromatic rings. The average molecular weight is 568 g/mol. The van der Waals surface area contributed by atoms with Crippen LogP contribution >= 0.6 is 0 Å². The molecule has 0 aliphatic heterocycles. The molecular weight excluding hydrogens is 530 g/mol. The second kappa shape index (κ2) is 14.4. The van der Waals surface area contributed by atoms with Crippen molar-refractivity contribution >= 4 is 27.5 Å². The van der Waals surface area contributed by atoms with Crippen molar-refractivity contribution in [2.45, 2.75) is 44.7 Å². The van der Waals surface area contributed by atoms with Crippen molar-refractivity contribution < 1.29 is 27.5 Å². The van der Waals surface area contributed by atoms with Gasteiger partial charge in [0.1, 0.15) is 24.1 Å². The van der Waals surface area contributed by atoms with Gasteiger partial charge in [-0.25, -0.2) is 8.42 Å². The fourth-order valence-corrected chi connectivity index (χ4v) is 5.74. The number of hydrogen-bond acceptors (Lipinski definition) is 6. The Morgan fingerprint density at radius 2 is 1.60 bits per heavy atom. The van der Waals surface area contributed by atoms with Gasteiger partial charge in [0, 0.05) is 13.1 Å². The van der Waals surface area contributed by atoms with Gasteiger partial charge in [-0.05, 0) is 74.4 Å². The molecule has 10 heteroatoms. The Morgan fingerprint density at radius 1 is 0.900 bits per heavy atom. The molecule has 1 unspecified atom stereocenters. The Hall–Kier alpha value is -4.05. The van der Waals surface area contributed by atoms with E-state index in [-0.39, 0.29) is 17.3 Å². The molecule has 0 saturated heterocycles. The van der Waals surface area contributed by atoms with Gasteiger partial charge in [0.25, 0.3) is 10.0 Å². The molecule has 1 atom stereocenters. The van der Waals surface area contributed by atoms with Crippen molar-refractivity contribution in [2.75, 3.05) is 31.1 Å². The third-order valence-electron chi connectivity index (χ3n) is 6.27. The van der Waals surface area contributed by atoms with Gasteiger partial charge in [0.05, 0.1) is 24.3 Å². The van der Waals surface area contributed by atoms with Crippen LogP contribution in [-0.2, 0) is 26.2 Å². The first-order valence-electron chi connectivity index (χ1n) is 13.3. The van der Waals surface area contributed by atoms with Crippen LogP contribution in [0.5, 0.6) is 11.5 Å². The third-order valence-corrected chi connectivity index (χ3v) is 8.06. The number of benzene rings is 3. The summed E-state index contributed by atoms with van der Waals surface area (Å²) in [5.41, 5.74) is 1.04. The minimum Gasteiger partial charge on any atom is -0.497 e. The van der Waals surface area contributed by atoms with Crippen molar-refractivity contribution in [2.24, 2.45) is 0 Å². The molecule has 1 N–H and O–H groups in total. The largest absolute Gasteiger partial charge is 0.497 e. The number of amides is 2. The van der Waals surface area contributed by atoms with E-state index in [0.29, 0.717) is 36.8 Å². The molecule has 3 rings (SSSR count). The van der Waals surface area contributed by atoms with Crippen LogP contribution in [0.3, 0.4) is 0 Å². The maximum absolute atomic E-state index is 14.0. The number of hydrogen-bond donors (Lipinski definition) is 1. The fraction of sp³-hybridized carbons (Fsp3) is 0.333. The first-order chi connectivity index (χ1) is 19.2. The van der Waals surface area contributed by atoms with E-state index >= 15 is 0 Å². The molecule has 0 heterocycles. The van der Waals surface area contributed by atoms with Gasteiger partial charge in [-0.1, -0.05) is 37.3 Å². The zero-order valence-electron chi connectivity index (χ0n) is 23.4. The number of nitrogens with zero attached hydrogens (tertiary/aromatic N) is 2. The number of ether oxygens (including phenoxy) is 2. The lowest BCUT2D eigenvalue weighted by molar-refractivity contribution is -0.140. The second-order valence-corrected chi connectivity index (χ2v) is 10.8. The summed E-state index contributed by atoms with van der Waals surface area (Å²) in [6.45, 7) is 5.92. The van der Waals surface area contributed by atoms with E-state index in [4.69, 9.17) is 9.47 Å². The lowest BCUT2D eigenvalue weighted by atomic mass is 10.1. The highest BCUT2D eigenvalue weighted by atomic mass is 32.2. The number of likely N-dealkylation sites (N-methyl/N-ethyl adjacent to an activating group) is 1. The molecule has 0 aromatic heterocycles. The van der Waals surface area contributed by atoms with E-state index in [1.54, 1.807) is 74.7 Å². The Bertz CT molecular complexity index is 1360. The van der Waals surface area contributed by atoms with Crippen molar-refractivity contribution in [1.29, 1.82) is 0 Å². The average Bonchev–Trinajstić information content (AvgIpc) is 2.97. The monoisotopic (exact) mass is 567 g/mol. The number of nitrogens with one attached hydrogen (secondary N) is 1. The van der Waals surface area contributed by atoms with E-state index in [0.717, 1.165) is 9.87 Å². The summed E-state index contributed by atoms with van der Waals surface area (Å²) in [5, 5.41) is 2.80. The molecule has 0 saturated carbocycles. The smallest absolute Gasteiger partial charge is 0.264 e. The lowest BCUT2D eigenvalue weighted by Gasteiger charge is -2.33. The van der Waals surface area contributed by atoms with E-state index in [1.807, 2.05) is 19.9 Å². The van der Waals surface area contributed by atoms with Crippen LogP contribution in [0.4, 0.5) is 5.69 Å². The summed E-state index contributed by atoms with van der Waals surface area (Å²) >= 11 is 0. The summed E-state index contributed by atoms with van der Waals surface area (Å²) in [6, 6.07) is 20.9. The van der Waals surface area contributed by atoms with Crippen molar-refractivity contribution in [1.82, 2.24) is 10.2 Å². The van der Waals surface area contributed by atoms with Crippen LogP contribution in [0.1, 0.15) is 32.8 Å². The molecule has 0 aliphatic carbocycles. The predicted octanol–water partition coefficient (Wildman–Crippen LogP) is 4.23. The van der Waals surface area contributed by atoms with Crippen molar-refractivity contribution in [3.05, 3.63) is 84.4 Å². The molecule has 214 valence electrons. The van der Waals surface area contributed by atoms with Crippen LogP contribution in [-0.4, -0.2) is 58.0 Å². The lowest BCUT2D eigenvalue weighted by Crippen LogP contribution is -2.52. The quantitative estimate of drug-likeness (QED) is 0.313. The summed E-state index contributed by atoms with van der Waals surface area (Å²) in [7, 11) is -2.58. The second-order valence-electron chi connectivity index (χ2n) is 8.94. The number of sulfonamides is 1. The SMILES string of the molecule is CCNC(=O)C(CC)N(Cc1cccc(OC)c1)C(=O)CN(c1ccc(OCC)cc1)S(=O)(=O)c1ccccc1. The topological polar surface area (TPSA) is 105 Å². The molecule has 40 heavy (non-hydrogen) atoms. The number of carbonyl (C=O) groups excluding carboxylic acids is 2. The molecule has 0 bridgehead atoms. The van der Waals surface area contributed by atoms with Crippen molar-refractivity contribution in [3.63, 3.8) is 0 Å². The molecule has 3 aromatic carbocycles. The highest BCUT2D eigenvalue weighted by Crippen LogP contribution is 2.27. The summed E-state index contributed by atoms with van der Waals surface area (Å²) in [5.74, 6) is 0.365. The molecule has 0 spiro atoms. The van der Waals surface area contributed by atoms with Gasteiger partial charge >= 0.3 is 0 Å². The number of anilines is 1. The van der Waals surface area contributed by atoms with E-state index in [1.165, 1.54) is 17.0 Å². The summed E-state index contributed by atoms with van der Waals surface area (Å²) in [4.78, 5) is 28.5. The van der Waals surface area contributed by atoms with Crippen LogP contribution in [0, 0.1) is 0 Å². The maximum Gasteiger partial charge on any atom is 0.264 e. The Morgan fingerprint density at radius 3 is 2.20 bits per heavy atom. The summed E-state index contributed by atoms with van der Waals surface area (Å²) in [6.07, 6.45) is 0.343. The predicted molar refractivity (Wildman–Crippen MR) is 155 cm³/mol. The minimum absolute atomic E-state index is 0.0480. The normalized spacial score (nSPS) is 11.8.